The average Bonchev–Trinajstić information content (AvgIpc) is 3.29. The normalized spacial score (nSPS) is 11.9. The fourth-order valence-electron chi connectivity index (χ4n) is 2.80. The van der Waals surface area contributed by atoms with E-state index in [0.717, 1.165) is 29.5 Å². The van der Waals surface area contributed by atoms with Crippen LogP contribution in [-0.4, -0.2) is 10.8 Å². The quantitative estimate of drug-likeness (QED) is 0.326. The van der Waals surface area contributed by atoms with Crippen LogP contribution in [-0.2, 0) is 6.18 Å². The van der Waals surface area contributed by atoms with Gasteiger partial charge in [-0.1, -0.05) is 6.07 Å². The maximum atomic E-state index is 13.7. The number of nitrogens with two attached hydrogens (primary N) is 1. The third-order valence-electron chi connectivity index (χ3n) is 4.09. The van der Waals surface area contributed by atoms with Gasteiger partial charge in [0.1, 0.15) is 15.5 Å². The Morgan fingerprint density at radius 3 is 2.43 bits per heavy atom. The van der Waals surface area contributed by atoms with Gasteiger partial charge in [-0.05, 0) is 41.8 Å². The molecule has 0 aliphatic carbocycles. The molecule has 3 heterocycles. The first kappa shape index (κ1) is 18.6. The number of carbonyl (C=O) groups excluding carboxylic acids is 1. The maximum absolute atomic E-state index is 13.7. The lowest BCUT2D eigenvalue weighted by molar-refractivity contribution is -0.136. The van der Waals surface area contributed by atoms with Crippen molar-refractivity contribution >= 4 is 44.4 Å². The number of aromatic nitrogens is 1. The second-order valence-corrected chi connectivity index (χ2v) is 7.84. The topological polar surface area (TPSA) is 56.0 Å². The van der Waals surface area contributed by atoms with E-state index in [4.69, 9.17) is 5.73 Å². The summed E-state index contributed by atoms with van der Waals surface area (Å²) in [4.78, 5) is 17.6. The Labute approximate surface area is 164 Å². The molecule has 0 amide bonds. The number of fused-ring (bicyclic) bond motifs is 1. The zero-order chi connectivity index (χ0) is 20.1. The summed E-state index contributed by atoms with van der Waals surface area (Å²) in [6.45, 7) is 0. The van der Waals surface area contributed by atoms with Crippen molar-refractivity contribution in [3.05, 3.63) is 69.7 Å². The first-order valence-corrected chi connectivity index (χ1v) is 9.59. The molecule has 0 unspecified atom stereocenters. The highest BCUT2D eigenvalue weighted by Gasteiger charge is 2.36. The lowest BCUT2D eigenvalue weighted by Gasteiger charge is -2.10. The minimum Gasteiger partial charge on any atom is -0.397 e. The van der Waals surface area contributed by atoms with E-state index in [0.29, 0.717) is 4.88 Å². The Hall–Kier alpha value is -2.78. The van der Waals surface area contributed by atoms with E-state index in [-0.39, 0.29) is 32.0 Å². The summed E-state index contributed by atoms with van der Waals surface area (Å²) in [6.07, 6.45) is -4.67. The van der Waals surface area contributed by atoms with Gasteiger partial charge in [-0.15, -0.1) is 22.7 Å². The molecule has 3 aromatic heterocycles. The summed E-state index contributed by atoms with van der Waals surface area (Å²) in [7, 11) is 0. The third kappa shape index (κ3) is 3.16. The molecule has 0 atom stereocenters. The van der Waals surface area contributed by atoms with Crippen molar-refractivity contribution in [1.29, 1.82) is 0 Å². The van der Waals surface area contributed by atoms with Crippen LogP contribution in [0.15, 0.2) is 47.8 Å². The van der Waals surface area contributed by atoms with Gasteiger partial charge < -0.3 is 5.73 Å². The number of rotatable bonds is 3. The van der Waals surface area contributed by atoms with E-state index in [1.54, 1.807) is 17.5 Å². The number of halogens is 4. The summed E-state index contributed by atoms with van der Waals surface area (Å²) < 4.78 is 54.2. The lowest BCUT2D eigenvalue weighted by atomic mass is 10.1. The van der Waals surface area contributed by atoms with Crippen LogP contribution >= 0.6 is 22.7 Å². The standard InChI is InChI=1S/C19H10F4N2OS2/c20-10-5-3-9(4-6-10)16(26)17-15(24)14-11(19(21,22)23)8-12(25-18(14)28-17)13-2-1-7-27-13/h1-8H,24H2. The van der Waals surface area contributed by atoms with Crippen molar-refractivity contribution in [2.45, 2.75) is 6.18 Å². The van der Waals surface area contributed by atoms with Crippen molar-refractivity contribution in [2.24, 2.45) is 0 Å². The molecule has 0 aliphatic heterocycles. The van der Waals surface area contributed by atoms with E-state index in [2.05, 4.69) is 4.98 Å². The highest BCUT2D eigenvalue weighted by atomic mass is 32.1. The second-order valence-electron chi connectivity index (χ2n) is 5.89. The molecule has 4 rings (SSSR count). The number of hydrogen-bond donors (Lipinski definition) is 1. The van der Waals surface area contributed by atoms with Crippen LogP contribution in [0.5, 0.6) is 0 Å². The zero-order valence-electron chi connectivity index (χ0n) is 13.9. The fraction of sp³-hybridized carbons (Fsp3) is 0.0526. The first-order valence-electron chi connectivity index (χ1n) is 7.90. The van der Waals surface area contributed by atoms with Crippen LogP contribution in [0.25, 0.3) is 20.8 Å². The highest BCUT2D eigenvalue weighted by Crippen LogP contribution is 2.44. The van der Waals surface area contributed by atoms with E-state index in [1.807, 2.05) is 0 Å². The number of pyridine rings is 1. The van der Waals surface area contributed by atoms with Crippen LogP contribution in [0.4, 0.5) is 23.2 Å². The summed E-state index contributed by atoms with van der Waals surface area (Å²) in [5.74, 6) is -1.10. The maximum Gasteiger partial charge on any atom is 0.417 e. The third-order valence-corrected chi connectivity index (χ3v) is 6.08. The molecule has 0 fully saturated rings. The van der Waals surface area contributed by atoms with Crippen LogP contribution in [0.1, 0.15) is 20.8 Å². The van der Waals surface area contributed by atoms with Gasteiger partial charge in [0.15, 0.2) is 0 Å². The molecule has 0 bridgehead atoms. The van der Waals surface area contributed by atoms with Gasteiger partial charge in [0.25, 0.3) is 0 Å². The average molecular weight is 422 g/mol. The molecular weight excluding hydrogens is 412 g/mol. The summed E-state index contributed by atoms with van der Waals surface area (Å²) in [5, 5.41) is 1.45. The number of nitrogens with zero attached hydrogens (tertiary/aromatic N) is 1. The number of nitrogen functional groups attached to an aromatic ring is 1. The van der Waals surface area contributed by atoms with Crippen molar-refractivity contribution in [3.63, 3.8) is 0 Å². The zero-order valence-corrected chi connectivity index (χ0v) is 15.5. The molecular formula is C19H10F4N2OS2. The predicted molar refractivity (Wildman–Crippen MR) is 102 cm³/mol. The van der Waals surface area contributed by atoms with Crippen molar-refractivity contribution in [3.8, 4) is 10.6 Å². The van der Waals surface area contributed by atoms with E-state index in [1.165, 1.54) is 23.5 Å². The lowest BCUT2D eigenvalue weighted by Crippen LogP contribution is -2.08. The number of thiophene rings is 2. The number of ketones is 1. The van der Waals surface area contributed by atoms with Gasteiger partial charge in [0.2, 0.25) is 5.78 Å². The van der Waals surface area contributed by atoms with Crippen LogP contribution < -0.4 is 5.73 Å². The molecule has 1 aromatic carbocycles. The Balaban J connectivity index is 1.94. The second kappa shape index (κ2) is 6.68. The molecule has 0 saturated heterocycles. The van der Waals surface area contributed by atoms with Gasteiger partial charge in [0, 0.05) is 10.9 Å². The molecule has 9 heteroatoms. The fourth-order valence-corrected chi connectivity index (χ4v) is 4.56. The Morgan fingerprint density at radius 2 is 1.82 bits per heavy atom. The van der Waals surface area contributed by atoms with E-state index in [9.17, 15) is 22.4 Å². The molecule has 142 valence electrons. The smallest absolute Gasteiger partial charge is 0.397 e. The van der Waals surface area contributed by atoms with Gasteiger partial charge in [-0.3, -0.25) is 4.79 Å². The number of hydrogen-bond acceptors (Lipinski definition) is 5. The minimum atomic E-state index is -4.67. The number of benzene rings is 1. The van der Waals surface area contributed by atoms with Gasteiger partial charge in [-0.25, -0.2) is 9.37 Å². The summed E-state index contributed by atoms with van der Waals surface area (Å²) >= 11 is 2.06. The van der Waals surface area contributed by atoms with Crippen molar-refractivity contribution in [2.75, 3.05) is 5.73 Å². The molecule has 0 radical (unpaired) electrons. The number of anilines is 1. The molecule has 2 N–H and O–H groups in total. The van der Waals surface area contributed by atoms with Gasteiger partial charge in [-0.2, -0.15) is 13.2 Å². The molecule has 4 aromatic rings. The predicted octanol–water partition coefficient (Wildman–Crippen LogP) is 6.00. The van der Waals surface area contributed by atoms with Crippen LogP contribution in [0.3, 0.4) is 0 Å². The summed E-state index contributed by atoms with van der Waals surface area (Å²) in [6, 6.07) is 9.05. The van der Waals surface area contributed by atoms with Gasteiger partial charge >= 0.3 is 6.18 Å². The minimum absolute atomic E-state index is 0.0289. The number of carbonyl (C=O) groups is 1. The monoisotopic (exact) mass is 422 g/mol. The van der Waals surface area contributed by atoms with E-state index < -0.39 is 23.3 Å². The van der Waals surface area contributed by atoms with Crippen molar-refractivity contribution < 1.29 is 22.4 Å². The Bertz CT molecular complexity index is 1180. The Kier molecular flexibility index (Phi) is 4.43. The molecule has 0 spiro atoms. The number of alkyl halides is 3. The van der Waals surface area contributed by atoms with Crippen LogP contribution in [0, 0.1) is 5.82 Å². The highest BCUT2D eigenvalue weighted by molar-refractivity contribution is 7.21. The SMILES string of the molecule is Nc1c(C(=O)c2ccc(F)cc2)sc2nc(-c3cccs3)cc(C(F)(F)F)c12. The molecule has 28 heavy (non-hydrogen) atoms. The first-order chi connectivity index (χ1) is 13.3. The Morgan fingerprint density at radius 1 is 1.11 bits per heavy atom. The molecule has 0 aliphatic rings. The van der Waals surface area contributed by atoms with E-state index >= 15 is 0 Å². The molecule has 3 nitrogen and oxygen atoms in total. The molecule has 0 saturated carbocycles. The van der Waals surface area contributed by atoms with Crippen LogP contribution in [0.2, 0.25) is 0 Å². The van der Waals surface area contributed by atoms with Crippen molar-refractivity contribution in [1.82, 2.24) is 4.98 Å². The summed E-state index contributed by atoms with van der Waals surface area (Å²) in [5.41, 5.74) is 5.04. The largest absolute Gasteiger partial charge is 0.417 e. The van der Waals surface area contributed by atoms with Gasteiger partial charge in [0.05, 0.1) is 21.8 Å².